The fourth-order valence-corrected chi connectivity index (χ4v) is 3.25. The van der Waals surface area contributed by atoms with Crippen LogP contribution in [-0.4, -0.2) is 39.3 Å². The zero-order valence-electron chi connectivity index (χ0n) is 13.4. The van der Waals surface area contributed by atoms with Crippen LogP contribution in [0.2, 0.25) is 5.02 Å². The standard InChI is InChI=1S/C15H23ClN2O3S/c1-11(2)6-5-9-17-15(19)12-7-8-13(16)14(10-12)22(20,21)18(3)4/h7-8,10-11H,5-6,9H2,1-4H3,(H,17,19). The molecule has 0 radical (unpaired) electrons. The first-order valence-electron chi connectivity index (χ1n) is 7.16. The molecule has 7 heteroatoms. The fourth-order valence-electron chi connectivity index (χ4n) is 1.85. The van der Waals surface area contributed by atoms with E-state index in [2.05, 4.69) is 19.2 Å². The zero-order valence-corrected chi connectivity index (χ0v) is 15.0. The molecule has 124 valence electrons. The van der Waals surface area contributed by atoms with Gasteiger partial charge in [0.25, 0.3) is 5.91 Å². The smallest absolute Gasteiger partial charge is 0.251 e. The molecule has 0 aliphatic rings. The Hall–Kier alpha value is -1.11. The predicted molar refractivity (Wildman–Crippen MR) is 88.7 cm³/mol. The van der Waals surface area contributed by atoms with Gasteiger partial charge in [-0.25, -0.2) is 12.7 Å². The van der Waals surface area contributed by atoms with Gasteiger partial charge in [0.05, 0.1) is 5.02 Å². The Morgan fingerprint density at radius 3 is 2.50 bits per heavy atom. The molecule has 5 nitrogen and oxygen atoms in total. The van der Waals surface area contributed by atoms with Gasteiger partial charge in [0.2, 0.25) is 10.0 Å². The average Bonchev–Trinajstić information content (AvgIpc) is 2.43. The Balaban J connectivity index is 2.87. The van der Waals surface area contributed by atoms with Gasteiger partial charge < -0.3 is 5.32 Å². The summed E-state index contributed by atoms with van der Waals surface area (Å²) < 4.78 is 25.4. The van der Waals surface area contributed by atoms with E-state index in [1.165, 1.54) is 32.3 Å². The fraction of sp³-hybridized carbons (Fsp3) is 0.533. The number of hydrogen-bond acceptors (Lipinski definition) is 3. The maximum atomic E-state index is 12.2. The van der Waals surface area contributed by atoms with Crippen LogP contribution in [0.1, 0.15) is 37.0 Å². The zero-order chi connectivity index (χ0) is 16.9. The molecular formula is C15H23ClN2O3S. The Morgan fingerprint density at radius 2 is 1.95 bits per heavy atom. The highest BCUT2D eigenvalue weighted by Gasteiger charge is 2.22. The number of carbonyl (C=O) groups is 1. The van der Waals surface area contributed by atoms with E-state index >= 15 is 0 Å². The maximum Gasteiger partial charge on any atom is 0.251 e. The molecule has 0 atom stereocenters. The molecule has 0 bridgehead atoms. The number of benzene rings is 1. The first-order chi connectivity index (χ1) is 10.2. The summed E-state index contributed by atoms with van der Waals surface area (Å²) in [4.78, 5) is 12.0. The normalized spacial score (nSPS) is 12.0. The van der Waals surface area contributed by atoms with Crippen molar-refractivity contribution in [2.75, 3.05) is 20.6 Å². The summed E-state index contributed by atoms with van der Waals surface area (Å²) in [5.41, 5.74) is 0.286. The highest BCUT2D eigenvalue weighted by atomic mass is 35.5. The number of halogens is 1. The summed E-state index contributed by atoms with van der Waals surface area (Å²) in [6.07, 6.45) is 1.92. The molecule has 1 N–H and O–H groups in total. The van der Waals surface area contributed by atoms with Crippen LogP contribution in [0, 0.1) is 5.92 Å². The Labute approximate surface area is 137 Å². The quantitative estimate of drug-likeness (QED) is 0.772. The number of nitrogens with zero attached hydrogens (tertiary/aromatic N) is 1. The summed E-state index contributed by atoms with van der Waals surface area (Å²) in [6, 6.07) is 4.27. The second kappa shape index (κ2) is 7.94. The van der Waals surface area contributed by atoms with Crippen molar-refractivity contribution < 1.29 is 13.2 Å². The van der Waals surface area contributed by atoms with Crippen molar-refractivity contribution in [3.63, 3.8) is 0 Å². The SMILES string of the molecule is CC(C)CCCNC(=O)c1ccc(Cl)c(S(=O)(=O)N(C)C)c1. The summed E-state index contributed by atoms with van der Waals surface area (Å²) >= 11 is 5.95. The van der Waals surface area contributed by atoms with E-state index in [1.54, 1.807) is 0 Å². The van der Waals surface area contributed by atoms with E-state index in [-0.39, 0.29) is 21.4 Å². The maximum absolute atomic E-state index is 12.2. The highest BCUT2D eigenvalue weighted by Crippen LogP contribution is 2.24. The van der Waals surface area contributed by atoms with E-state index in [1.807, 2.05) is 0 Å². The molecule has 22 heavy (non-hydrogen) atoms. The van der Waals surface area contributed by atoms with Crippen LogP contribution >= 0.6 is 11.6 Å². The van der Waals surface area contributed by atoms with Gasteiger partial charge in [0.15, 0.2) is 0 Å². The minimum absolute atomic E-state index is 0.0611. The van der Waals surface area contributed by atoms with E-state index in [0.29, 0.717) is 12.5 Å². The average molecular weight is 347 g/mol. The lowest BCUT2D eigenvalue weighted by Gasteiger charge is -2.14. The van der Waals surface area contributed by atoms with Crippen molar-refractivity contribution in [2.45, 2.75) is 31.6 Å². The molecule has 0 aromatic heterocycles. The minimum Gasteiger partial charge on any atom is -0.352 e. The molecule has 1 rings (SSSR count). The summed E-state index contributed by atoms with van der Waals surface area (Å²) in [5, 5.41) is 2.89. The largest absolute Gasteiger partial charge is 0.352 e. The third-order valence-electron chi connectivity index (χ3n) is 3.20. The van der Waals surface area contributed by atoms with Crippen molar-refractivity contribution in [3.8, 4) is 0 Å². The molecule has 0 spiro atoms. The molecule has 0 saturated carbocycles. The monoisotopic (exact) mass is 346 g/mol. The van der Waals surface area contributed by atoms with Crippen molar-refractivity contribution in [3.05, 3.63) is 28.8 Å². The lowest BCUT2D eigenvalue weighted by Crippen LogP contribution is -2.26. The predicted octanol–water partition coefficient (Wildman–Crippen LogP) is 2.76. The molecule has 1 aromatic carbocycles. The third kappa shape index (κ3) is 4.97. The molecule has 0 aliphatic heterocycles. The van der Waals surface area contributed by atoms with Gasteiger partial charge >= 0.3 is 0 Å². The highest BCUT2D eigenvalue weighted by molar-refractivity contribution is 7.89. The van der Waals surface area contributed by atoms with Crippen LogP contribution in [0.5, 0.6) is 0 Å². The number of rotatable bonds is 7. The number of carbonyl (C=O) groups excluding carboxylic acids is 1. The number of sulfonamides is 1. The van der Waals surface area contributed by atoms with E-state index < -0.39 is 10.0 Å². The van der Waals surface area contributed by atoms with Gasteiger partial charge in [-0.3, -0.25) is 4.79 Å². The molecule has 1 amide bonds. The van der Waals surface area contributed by atoms with Gasteiger partial charge in [-0.1, -0.05) is 25.4 Å². The second-order valence-corrected chi connectivity index (χ2v) is 8.25. The van der Waals surface area contributed by atoms with Gasteiger partial charge in [-0.05, 0) is 37.0 Å². The van der Waals surface area contributed by atoms with E-state index in [0.717, 1.165) is 17.1 Å². The number of nitrogens with one attached hydrogen (secondary N) is 1. The summed E-state index contributed by atoms with van der Waals surface area (Å²) in [6.45, 7) is 4.81. The van der Waals surface area contributed by atoms with Gasteiger partial charge in [-0.2, -0.15) is 0 Å². The second-order valence-electron chi connectivity index (χ2n) is 5.72. The molecule has 0 aliphatic carbocycles. The van der Waals surface area contributed by atoms with Gasteiger partial charge in [0, 0.05) is 26.2 Å². The summed E-state index contributed by atoms with van der Waals surface area (Å²) in [7, 11) is -0.837. The molecule has 0 heterocycles. The number of amides is 1. The Morgan fingerprint density at radius 1 is 1.32 bits per heavy atom. The molecule has 0 saturated heterocycles. The first kappa shape index (κ1) is 18.9. The molecule has 0 fully saturated rings. The van der Waals surface area contributed by atoms with Crippen LogP contribution in [0.4, 0.5) is 0 Å². The van der Waals surface area contributed by atoms with Gasteiger partial charge in [-0.15, -0.1) is 0 Å². The van der Waals surface area contributed by atoms with Crippen LogP contribution in [0.15, 0.2) is 23.1 Å². The van der Waals surface area contributed by atoms with Crippen LogP contribution in [0.25, 0.3) is 0 Å². The molecular weight excluding hydrogens is 324 g/mol. The first-order valence-corrected chi connectivity index (χ1v) is 8.98. The Kier molecular flexibility index (Phi) is 6.84. The molecule has 1 aromatic rings. The minimum atomic E-state index is -3.68. The van der Waals surface area contributed by atoms with Crippen molar-refractivity contribution >= 4 is 27.5 Å². The summed E-state index contributed by atoms with van der Waals surface area (Å²) in [5.74, 6) is 0.292. The van der Waals surface area contributed by atoms with E-state index in [9.17, 15) is 13.2 Å². The lowest BCUT2D eigenvalue weighted by molar-refractivity contribution is 0.0952. The topological polar surface area (TPSA) is 66.5 Å². The van der Waals surface area contributed by atoms with Crippen LogP contribution < -0.4 is 5.32 Å². The van der Waals surface area contributed by atoms with E-state index in [4.69, 9.17) is 11.6 Å². The molecule has 0 unspecified atom stereocenters. The van der Waals surface area contributed by atoms with Crippen molar-refractivity contribution in [1.29, 1.82) is 0 Å². The number of hydrogen-bond donors (Lipinski definition) is 1. The van der Waals surface area contributed by atoms with Crippen molar-refractivity contribution in [2.24, 2.45) is 5.92 Å². The lowest BCUT2D eigenvalue weighted by atomic mass is 10.1. The Bertz CT molecular complexity index is 628. The van der Waals surface area contributed by atoms with Crippen LogP contribution in [0.3, 0.4) is 0 Å². The van der Waals surface area contributed by atoms with Crippen molar-refractivity contribution in [1.82, 2.24) is 9.62 Å². The van der Waals surface area contributed by atoms with Gasteiger partial charge in [0.1, 0.15) is 4.90 Å². The third-order valence-corrected chi connectivity index (χ3v) is 5.49. The van der Waals surface area contributed by atoms with Crippen LogP contribution in [-0.2, 0) is 10.0 Å².